The second-order valence-electron chi connectivity index (χ2n) is 6.44. The van der Waals surface area contributed by atoms with Crippen LogP contribution in [-0.2, 0) is 11.3 Å². The monoisotopic (exact) mass is 284 g/mol. The molecular weight excluding hydrogens is 264 g/mol. The first-order chi connectivity index (χ1) is 9.94. The molecule has 21 heavy (non-hydrogen) atoms. The molecule has 2 heterocycles. The minimum atomic E-state index is -0.458. The first-order valence-corrected chi connectivity index (χ1v) is 7.23. The summed E-state index contributed by atoms with van der Waals surface area (Å²) < 4.78 is 5.43. The number of rotatable bonds is 1. The van der Waals surface area contributed by atoms with E-state index in [2.05, 4.69) is 29.3 Å². The van der Waals surface area contributed by atoms with Crippen LogP contribution in [0.5, 0.6) is 0 Å². The third-order valence-corrected chi connectivity index (χ3v) is 3.60. The van der Waals surface area contributed by atoms with Gasteiger partial charge >= 0.3 is 6.09 Å². The molecule has 1 aromatic rings. The SMILES string of the molecule is CC(C)(C)OC(=O)N1CC=C(c2cccc3c2C=NC3)C1. The zero-order chi connectivity index (χ0) is 15.0. The average Bonchev–Trinajstić information content (AvgIpc) is 3.05. The van der Waals surface area contributed by atoms with Crippen molar-refractivity contribution in [3.8, 4) is 0 Å². The fraction of sp³-hybridized carbons (Fsp3) is 0.412. The van der Waals surface area contributed by atoms with Crippen molar-refractivity contribution in [2.75, 3.05) is 13.1 Å². The number of ether oxygens (including phenoxy) is 1. The summed E-state index contributed by atoms with van der Waals surface area (Å²) in [6.45, 7) is 7.61. The van der Waals surface area contributed by atoms with E-state index in [1.165, 1.54) is 22.3 Å². The Kier molecular flexibility index (Phi) is 3.32. The number of carbonyl (C=O) groups excluding carboxylic acids is 1. The van der Waals surface area contributed by atoms with Crippen LogP contribution >= 0.6 is 0 Å². The van der Waals surface area contributed by atoms with E-state index in [-0.39, 0.29) is 6.09 Å². The first kappa shape index (κ1) is 13.9. The van der Waals surface area contributed by atoms with Gasteiger partial charge in [0.2, 0.25) is 0 Å². The fourth-order valence-corrected chi connectivity index (χ4v) is 2.63. The molecule has 2 aliphatic heterocycles. The third-order valence-electron chi connectivity index (χ3n) is 3.60. The first-order valence-electron chi connectivity index (χ1n) is 7.23. The molecule has 0 aliphatic carbocycles. The minimum Gasteiger partial charge on any atom is -0.444 e. The lowest BCUT2D eigenvalue weighted by molar-refractivity contribution is 0.0306. The van der Waals surface area contributed by atoms with Crippen LogP contribution in [0.3, 0.4) is 0 Å². The Hall–Kier alpha value is -2.10. The van der Waals surface area contributed by atoms with Gasteiger partial charge < -0.3 is 9.64 Å². The number of carbonyl (C=O) groups is 1. The van der Waals surface area contributed by atoms with Crippen LogP contribution in [-0.4, -0.2) is 35.9 Å². The highest BCUT2D eigenvalue weighted by Gasteiger charge is 2.26. The molecule has 0 N–H and O–H groups in total. The van der Waals surface area contributed by atoms with Crippen molar-refractivity contribution in [3.05, 3.63) is 41.0 Å². The van der Waals surface area contributed by atoms with E-state index in [1.54, 1.807) is 4.90 Å². The van der Waals surface area contributed by atoms with Gasteiger partial charge in [0, 0.05) is 24.9 Å². The minimum absolute atomic E-state index is 0.255. The summed E-state index contributed by atoms with van der Waals surface area (Å²) >= 11 is 0. The molecule has 0 saturated carbocycles. The van der Waals surface area contributed by atoms with Gasteiger partial charge in [0.1, 0.15) is 5.60 Å². The van der Waals surface area contributed by atoms with Crippen LogP contribution in [0.15, 0.2) is 29.3 Å². The Morgan fingerprint density at radius 2 is 2.14 bits per heavy atom. The molecule has 0 bridgehead atoms. The second kappa shape index (κ2) is 5.02. The maximum atomic E-state index is 12.1. The van der Waals surface area contributed by atoms with Crippen LogP contribution in [0.4, 0.5) is 4.79 Å². The lowest BCUT2D eigenvalue weighted by Gasteiger charge is -2.24. The summed E-state index contributed by atoms with van der Waals surface area (Å²) in [6, 6.07) is 6.26. The summed E-state index contributed by atoms with van der Waals surface area (Å²) in [4.78, 5) is 18.2. The van der Waals surface area contributed by atoms with E-state index in [9.17, 15) is 4.79 Å². The molecule has 0 fully saturated rings. The molecule has 110 valence electrons. The molecular formula is C17H20N2O2. The Bertz CT molecular complexity index is 639. The van der Waals surface area contributed by atoms with Crippen molar-refractivity contribution in [2.24, 2.45) is 4.99 Å². The van der Waals surface area contributed by atoms with Crippen molar-refractivity contribution in [3.63, 3.8) is 0 Å². The van der Waals surface area contributed by atoms with E-state index >= 15 is 0 Å². The summed E-state index contributed by atoms with van der Waals surface area (Å²) in [5.41, 5.74) is 4.34. The quantitative estimate of drug-likeness (QED) is 0.794. The maximum absolute atomic E-state index is 12.1. The molecule has 2 aliphatic rings. The Morgan fingerprint density at radius 1 is 1.33 bits per heavy atom. The molecule has 3 rings (SSSR count). The van der Waals surface area contributed by atoms with E-state index in [0.29, 0.717) is 13.1 Å². The molecule has 4 nitrogen and oxygen atoms in total. The number of fused-ring (bicyclic) bond motifs is 1. The number of hydrogen-bond donors (Lipinski definition) is 0. The van der Waals surface area contributed by atoms with Gasteiger partial charge in [0.05, 0.1) is 6.54 Å². The van der Waals surface area contributed by atoms with Gasteiger partial charge in [0.25, 0.3) is 0 Å². The number of amides is 1. The zero-order valence-corrected chi connectivity index (χ0v) is 12.7. The van der Waals surface area contributed by atoms with Gasteiger partial charge in [-0.3, -0.25) is 4.99 Å². The second-order valence-corrected chi connectivity index (χ2v) is 6.44. The third kappa shape index (κ3) is 2.84. The predicted molar refractivity (Wildman–Crippen MR) is 83.5 cm³/mol. The van der Waals surface area contributed by atoms with Crippen molar-refractivity contribution >= 4 is 17.9 Å². The van der Waals surface area contributed by atoms with Crippen LogP contribution in [0.1, 0.15) is 37.5 Å². The molecule has 0 atom stereocenters. The van der Waals surface area contributed by atoms with Gasteiger partial charge in [-0.1, -0.05) is 24.3 Å². The molecule has 0 unspecified atom stereocenters. The molecule has 0 aromatic heterocycles. The van der Waals surface area contributed by atoms with Crippen LogP contribution in [0.25, 0.3) is 5.57 Å². The standard InChI is InChI=1S/C17H20N2O2/c1-17(2,3)21-16(20)19-8-7-13(11-19)14-6-4-5-12-9-18-10-15(12)14/h4-7,10H,8-9,11H2,1-3H3. The number of aliphatic imine (C=N–C) groups is 1. The topological polar surface area (TPSA) is 41.9 Å². The zero-order valence-electron chi connectivity index (χ0n) is 12.7. The van der Waals surface area contributed by atoms with Gasteiger partial charge in [-0.05, 0) is 37.5 Å². The largest absolute Gasteiger partial charge is 0.444 e. The summed E-state index contributed by atoms with van der Waals surface area (Å²) in [7, 11) is 0. The van der Waals surface area contributed by atoms with Crippen molar-refractivity contribution in [1.29, 1.82) is 0 Å². The highest BCUT2D eigenvalue weighted by atomic mass is 16.6. The fourth-order valence-electron chi connectivity index (χ4n) is 2.63. The van der Waals surface area contributed by atoms with Gasteiger partial charge in [-0.15, -0.1) is 0 Å². The number of hydrogen-bond acceptors (Lipinski definition) is 3. The van der Waals surface area contributed by atoms with Crippen LogP contribution in [0.2, 0.25) is 0 Å². The molecule has 0 saturated heterocycles. The molecule has 0 radical (unpaired) electrons. The molecule has 1 aromatic carbocycles. The van der Waals surface area contributed by atoms with Gasteiger partial charge in [-0.25, -0.2) is 4.79 Å². The summed E-state index contributed by atoms with van der Waals surface area (Å²) in [5, 5.41) is 0. The highest BCUT2D eigenvalue weighted by molar-refractivity contribution is 5.93. The van der Waals surface area contributed by atoms with E-state index in [4.69, 9.17) is 4.74 Å². The van der Waals surface area contributed by atoms with Gasteiger partial charge in [0.15, 0.2) is 0 Å². The van der Waals surface area contributed by atoms with Crippen LogP contribution in [0, 0.1) is 0 Å². The van der Waals surface area contributed by atoms with Crippen LogP contribution < -0.4 is 0 Å². The summed E-state index contributed by atoms with van der Waals surface area (Å²) in [6.07, 6.45) is 3.78. The Labute approximate surface area is 125 Å². The number of nitrogens with zero attached hydrogens (tertiary/aromatic N) is 2. The summed E-state index contributed by atoms with van der Waals surface area (Å²) in [5.74, 6) is 0. The maximum Gasteiger partial charge on any atom is 0.410 e. The van der Waals surface area contributed by atoms with E-state index in [0.717, 1.165) is 6.54 Å². The normalized spacial score (nSPS) is 16.9. The average molecular weight is 284 g/mol. The van der Waals surface area contributed by atoms with E-state index < -0.39 is 5.60 Å². The van der Waals surface area contributed by atoms with E-state index in [1.807, 2.05) is 27.0 Å². The Balaban J connectivity index is 1.75. The smallest absolute Gasteiger partial charge is 0.410 e. The lowest BCUT2D eigenvalue weighted by Crippen LogP contribution is -2.35. The van der Waals surface area contributed by atoms with Crippen molar-refractivity contribution in [1.82, 2.24) is 4.90 Å². The molecule has 1 amide bonds. The van der Waals surface area contributed by atoms with Crippen molar-refractivity contribution < 1.29 is 9.53 Å². The lowest BCUT2D eigenvalue weighted by atomic mass is 9.97. The predicted octanol–water partition coefficient (Wildman–Crippen LogP) is 3.25. The number of benzene rings is 1. The van der Waals surface area contributed by atoms with Gasteiger partial charge in [-0.2, -0.15) is 0 Å². The van der Waals surface area contributed by atoms with Crippen molar-refractivity contribution in [2.45, 2.75) is 32.9 Å². The molecule has 0 spiro atoms. The Morgan fingerprint density at radius 3 is 2.90 bits per heavy atom. The highest BCUT2D eigenvalue weighted by Crippen LogP contribution is 2.28. The molecule has 4 heteroatoms.